The molecular formula is C17H13N3O2. The highest BCUT2D eigenvalue weighted by molar-refractivity contribution is 5.94. The van der Waals surface area contributed by atoms with Crippen molar-refractivity contribution >= 4 is 17.7 Å². The van der Waals surface area contributed by atoms with Gasteiger partial charge in [-0.1, -0.05) is 30.3 Å². The number of rotatable bonds is 3. The van der Waals surface area contributed by atoms with Crippen molar-refractivity contribution in [3.05, 3.63) is 79.1 Å². The molecule has 1 aromatic carbocycles. The first-order chi connectivity index (χ1) is 10.8. The first-order valence-corrected chi connectivity index (χ1v) is 6.73. The highest BCUT2D eigenvalue weighted by Gasteiger charge is 2.22. The average Bonchev–Trinajstić information content (AvgIpc) is 2.58. The topological polar surface area (TPSA) is 55.3 Å². The Morgan fingerprint density at radius 3 is 1.82 bits per heavy atom. The van der Waals surface area contributed by atoms with Gasteiger partial charge >= 0.3 is 6.09 Å². The van der Waals surface area contributed by atoms with Crippen LogP contribution in [0.1, 0.15) is 0 Å². The molecule has 2 aromatic heterocycles. The predicted molar refractivity (Wildman–Crippen MR) is 83.1 cm³/mol. The molecule has 5 nitrogen and oxygen atoms in total. The van der Waals surface area contributed by atoms with Gasteiger partial charge in [0.1, 0.15) is 17.4 Å². The fourth-order valence-corrected chi connectivity index (χ4v) is 1.91. The third kappa shape index (κ3) is 3.09. The second-order valence-electron chi connectivity index (χ2n) is 4.39. The van der Waals surface area contributed by atoms with E-state index in [1.54, 1.807) is 73.1 Å². The van der Waals surface area contributed by atoms with E-state index < -0.39 is 6.09 Å². The summed E-state index contributed by atoms with van der Waals surface area (Å²) in [6.07, 6.45) is 2.66. The van der Waals surface area contributed by atoms with Gasteiger partial charge in [0, 0.05) is 12.4 Å². The van der Waals surface area contributed by atoms with Gasteiger partial charge in [-0.2, -0.15) is 0 Å². The van der Waals surface area contributed by atoms with Gasteiger partial charge in [0.2, 0.25) is 0 Å². The summed E-state index contributed by atoms with van der Waals surface area (Å²) in [4.78, 5) is 22.3. The van der Waals surface area contributed by atoms with Gasteiger partial charge in [-0.25, -0.2) is 19.7 Å². The number of amides is 1. The van der Waals surface area contributed by atoms with E-state index in [0.29, 0.717) is 17.4 Å². The van der Waals surface area contributed by atoms with E-state index in [-0.39, 0.29) is 0 Å². The summed E-state index contributed by atoms with van der Waals surface area (Å²) >= 11 is 0. The first kappa shape index (κ1) is 13.8. The number of para-hydroxylation sites is 1. The molecule has 0 aliphatic heterocycles. The van der Waals surface area contributed by atoms with Crippen LogP contribution in [0.2, 0.25) is 0 Å². The highest BCUT2D eigenvalue weighted by atomic mass is 16.6. The van der Waals surface area contributed by atoms with Crippen LogP contribution in [0.15, 0.2) is 79.1 Å². The lowest BCUT2D eigenvalue weighted by atomic mass is 10.3. The summed E-state index contributed by atoms with van der Waals surface area (Å²) < 4.78 is 5.39. The Hall–Kier alpha value is -3.21. The smallest absolute Gasteiger partial charge is 0.410 e. The summed E-state index contributed by atoms with van der Waals surface area (Å²) in [7, 11) is 0. The summed E-state index contributed by atoms with van der Waals surface area (Å²) in [6, 6.07) is 19.5. The zero-order chi connectivity index (χ0) is 15.2. The SMILES string of the molecule is O=C(Oc1ccccc1)N(c1ccccn1)c1ccccn1. The number of hydrogen-bond acceptors (Lipinski definition) is 4. The molecule has 0 radical (unpaired) electrons. The Kier molecular flexibility index (Phi) is 4.06. The molecule has 3 rings (SSSR count). The van der Waals surface area contributed by atoms with E-state index in [1.807, 2.05) is 6.07 Å². The number of benzene rings is 1. The number of aromatic nitrogens is 2. The van der Waals surface area contributed by atoms with E-state index in [2.05, 4.69) is 9.97 Å². The quantitative estimate of drug-likeness (QED) is 0.736. The largest absolute Gasteiger partial charge is 0.426 e. The predicted octanol–water partition coefficient (Wildman–Crippen LogP) is 3.81. The first-order valence-electron chi connectivity index (χ1n) is 6.73. The molecular weight excluding hydrogens is 278 g/mol. The molecule has 2 heterocycles. The Balaban J connectivity index is 1.94. The number of carbonyl (C=O) groups excluding carboxylic acids is 1. The number of carbonyl (C=O) groups is 1. The van der Waals surface area contributed by atoms with Crippen molar-refractivity contribution in [1.82, 2.24) is 9.97 Å². The van der Waals surface area contributed by atoms with Gasteiger partial charge in [-0.3, -0.25) is 0 Å². The Bertz CT molecular complexity index is 694. The minimum absolute atomic E-state index is 0.446. The minimum atomic E-state index is -0.566. The van der Waals surface area contributed by atoms with Gasteiger partial charge in [0.15, 0.2) is 0 Å². The maximum absolute atomic E-state index is 12.5. The molecule has 0 aliphatic carbocycles. The molecule has 22 heavy (non-hydrogen) atoms. The minimum Gasteiger partial charge on any atom is -0.410 e. The molecule has 0 fully saturated rings. The van der Waals surface area contributed by atoms with E-state index >= 15 is 0 Å². The zero-order valence-electron chi connectivity index (χ0n) is 11.7. The van der Waals surface area contributed by atoms with Gasteiger partial charge in [0.25, 0.3) is 0 Å². The number of anilines is 2. The van der Waals surface area contributed by atoms with Crippen molar-refractivity contribution in [2.45, 2.75) is 0 Å². The van der Waals surface area contributed by atoms with E-state index in [0.717, 1.165) is 0 Å². The van der Waals surface area contributed by atoms with Crippen LogP contribution in [-0.4, -0.2) is 16.1 Å². The van der Waals surface area contributed by atoms with Gasteiger partial charge < -0.3 is 4.74 Å². The van der Waals surface area contributed by atoms with Crippen molar-refractivity contribution in [2.75, 3.05) is 4.90 Å². The maximum Gasteiger partial charge on any atom is 0.426 e. The zero-order valence-corrected chi connectivity index (χ0v) is 11.7. The van der Waals surface area contributed by atoms with Gasteiger partial charge in [-0.15, -0.1) is 0 Å². The van der Waals surface area contributed by atoms with Crippen LogP contribution in [0, 0.1) is 0 Å². The Morgan fingerprint density at radius 1 is 0.773 bits per heavy atom. The van der Waals surface area contributed by atoms with E-state index in [9.17, 15) is 4.79 Å². The van der Waals surface area contributed by atoms with Crippen LogP contribution < -0.4 is 9.64 Å². The highest BCUT2D eigenvalue weighted by Crippen LogP contribution is 2.22. The average molecular weight is 291 g/mol. The number of ether oxygens (including phenoxy) is 1. The van der Waals surface area contributed by atoms with E-state index in [4.69, 9.17) is 4.74 Å². The molecule has 0 saturated carbocycles. The van der Waals surface area contributed by atoms with Crippen LogP contribution in [0.5, 0.6) is 5.75 Å². The Morgan fingerprint density at radius 2 is 1.32 bits per heavy atom. The fourth-order valence-electron chi connectivity index (χ4n) is 1.91. The molecule has 0 N–H and O–H groups in total. The number of hydrogen-bond donors (Lipinski definition) is 0. The summed E-state index contributed by atoms with van der Waals surface area (Å²) in [5, 5.41) is 0. The maximum atomic E-state index is 12.5. The molecule has 108 valence electrons. The van der Waals surface area contributed by atoms with Crippen molar-refractivity contribution in [3.63, 3.8) is 0 Å². The standard InChI is InChI=1S/C17H13N3O2/c21-17(22-14-8-2-1-3-9-14)20(15-10-4-6-12-18-15)16-11-5-7-13-19-16/h1-13H. The lowest BCUT2D eigenvalue weighted by molar-refractivity contribution is 0.210. The molecule has 3 aromatic rings. The lowest BCUT2D eigenvalue weighted by Gasteiger charge is -2.19. The third-order valence-electron chi connectivity index (χ3n) is 2.89. The fraction of sp³-hybridized carbons (Fsp3) is 0. The second-order valence-corrected chi connectivity index (χ2v) is 4.39. The van der Waals surface area contributed by atoms with Gasteiger partial charge in [0.05, 0.1) is 0 Å². The lowest BCUT2D eigenvalue weighted by Crippen LogP contribution is -2.30. The molecule has 0 aliphatic rings. The van der Waals surface area contributed by atoms with Crippen LogP contribution in [0.4, 0.5) is 16.4 Å². The van der Waals surface area contributed by atoms with Crippen molar-refractivity contribution < 1.29 is 9.53 Å². The molecule has 1 amide bonds. The van der Waals surface area contributed by atoms with Gasteiger partial charge in [-0.05, 0) is 36.4 Å². The summed E-state index contributed by atoms with van der Waals surface area (Å²) in [5.41, 5.74) is 0. The summed E-state index contributed by atoms with van der Waals surface area (Å²) in [5.74, 6) is 1.36. The van der Waals surface area contributed by atoms with Crippen LogP contribution >= 0.6 is 0 Å². The second kappa shape index (κ2) is 6.49. The number of pyridine rings is 2. The Labute approximate surface area is 127 Å². The van der Waals surface area contributed by atoms with Crippen molar-refractivity contribution in [3.8, 4) is 5.75 Å². The molecule has 0 spiro atoms. The molecule has 0 atom stereocenters. The monoisotopic (exact) mass is 291 g/mol. The molecule has 0 saturated heterocycles. The molecule has 0 unspecified atom stereocenters. The van der Waals surface area contributed by atoms with Crippen LogP contribution in [-0.2, 0) is 0 Å². The van der Waals surface area contributed by atoms with E-state index in [1.165, 1.54) is 4.90 Å². The normalized spacial score (nSPS) is 10.0. The molecule has 0 bridgehead atoms. The number of nitrogens with zero attached hydrogens (tertiary/aromatic N) is 3. The van der Waals surface area contributed by atoms with Crippen molar-refractivity contribution in [1.29, 1.82) is 0 Å². The third-order valence-corrected chi connectivity index (χ3v) is 2.89. The van der Waals surface area contributed by atoms with Crippen LogP contribution in [0.25, 0.3) is 0 Å². The van der Waals surface area contributed by atoms with Crippen LogP contribution in [0.3, 0.4) is 0 Å². The molecule has 5 heteroatoms. The summed E-state index contributed by atoms with van der Waals surface area (Å²) in [6.45, 7) is 0. The van der Waals surface area contributed by atoms with Crippen molar-refractivity contribution in [2.24, 2.45) is 0 Å².